The van der Waals surface area contributed by atoms with E-state index in [1.165, 1.54) is 5.56 Å². The molecule has 106 valence electrons. The van der Waals surface area contributed by atoms with Gasteiger partial charge in [-0.1, -0.05) is 44.2 Å². The molecule has 0 radical (unpaired) electrons. The molecule has 0 aliphatic heterocycles. The zero-order valence-electron chi connectivity index (χ0n) is 12.1. The summed E-state index contributed by atoms with van der Waals surface area (Å²) in [6, 6.07) is 10.1. The molecule has 0 saturated heterocycles. The van der Waals surface area contributed by atoms with E-state index in [9.17, 15) is 4.79 Å². The van der Waals surface area contributed by atoms with Crippen LogP contribution in [0.15, 0.2) is 30.3 Å². The number of ether oxygens (including phenoxy) is 2. The summed E-state index contributed by atoms with van der Waals surface area (Å²) in [5, 5.41) is 0. The molecule has 1 rings (SSSR count). The van der Waals surface area contributed by atoms with Crippen LogP contribution in [-0.2, 0) is 20.7 Å². The van der Waals surface area contributed by atoms with E-state index < -0.39 is 0 Å². The summed E-state index contributed by atoms with van der Waals surface area (Å²) in [5.74, 6) is 0.0926. The summed E-state index contributed by atoms with van der Waals surface area (Å²) in [6.07, 6.45) is 1.49. The van der Waals surface area contributed by atoms with Crippen LogP contribution in [0.25, 0.3) is 0 Å². The first kappa shape index (κ1) is 15.7. The van der Waals surface area contributed by atoms with Crippen LogP contribution in [0, 0.1) is 11.8 Å². The molecule has 0 amide bonds. The van der Waals surface area contributed by atoms with E-state index in [4.69, 9.17) is 9.47 Å². The SMILES string of the molecule is COCCCOC(=O)C(Cc1ccccc1)C(C)C. The van der Waals surface area contributed by atoms with Crippen molar-refractivity contribution in [3.63, 3.8) is 0 Å². The molecule has 1 aromatic rings. The van der Waals surface area contributed by atoms with Gasteiger partial charge in [-0.05, 0) is 17.9 Å². The Morgan fingerprint density at radius 2 is 1.84 bits per heavy atom. The van der Waals surface area contributed by atoms with Crippen molar-refractivity contribution in [3.8, 4) is 0 Å². The molecule has 0 heterocycles. The minimum absolute atomic E-state index is 0.0788. The summed E-state index contributed by atoms with van der Waals surface area (Å²) in [5.41, 5.74) is 1.18. The van der Waals surface area contributed by atoms with Crippen LogP contribution in [0.3, 0.4) is 0 Å². The average molecular weight is 264 g/mol. The van der Waals surface area contributed by atoms with Gasteiger partial charge in [-0.2, -0.15) is 0 Å². The number of esters is 1. The van der Waals surface area contributed by atoms with Gasteiger partial charge in [0.15, 0.2) is 0 Å². The minimum atomic E-state index is -0.102. The molecule has 0 aliphatic carbocycles. The second-order valence-electron chi connectivity index (χ2n) is 5.05. The van der Waals surface area contributed by atoms with Crippen molar-refractivity contribution in [1.29, 1.82) is 0 Å². The topological polar surface area (TPSA) is 35.5 Å². The van der Waals surface area contributed by atoms with E-state index in [-0.39, 0.29) is 17.8 Å². The number of rotatable bonds is 8. The van der Waals surface area contributed by atoms with Crippen molar-refractivity contribution >= 4 is 5.97 Å². The number of hydrogen-bond acceptors (Lipinski definition) is 3. The summed E-state index contributed by atoms with van der Waals surface area (Å²) < 4.78 is 10.3. The van der Waals surface area contributed by atoms with Crippen LogP contribution in [0.1, 0.15) is 25.8 Å². The normalized spacial score (nSPS) is 12.4. The lowest BCUT2D eigenvalue weighted by molar-refractivity contribution is -0.150. The summed E-state index contributed by atoms with van der Waals surface area (Å²) in [7, 11) is 1.65. The van der Waals surface area contributed by atoms with Gasteiger partial charge in [0.1, 0.15) is 0 Å². The first-order valence-corrected chi connectivity index (χ1v) is 6.84. The average Bonchev–Trinajstić information content (AvgIpc) is 2.41. The maximum Gasteiger partial charge on any atom is 0.309 e. The fourth-order valence-corrected chi connectivity index (χ4v) is 1.94. The van der Waals surface area contributed by atoms with Gasteiger partial charge in [-0.3, -0.25) is 4.79 Å². The molecular formula is C16H24O3. The Bertz CT molecular complexity index is 360. The van der Waals surface area contributed by atoms with Crippen molar-refractivity contribution in [1.82, 2.24) is 0 Å². The standard InChI is InChI=1S/C16H24O3/c1-13(2)15(12-14-8-5-4-6-9-14)16(17)19-11-7-10-18-3/h4-6,8-9,13,15H,7,10-12H2,1-3H3. The molecule has 1 atom stereocenters. The third-order valence-electron chi connectivity index (χ3n) is 3.14. The predicted molar refractivity (Wildman–Crippen MR) is 75.9 cm³/mol. The van der Waals surface area contributed by atoms with Crippen molar-refractivity contribution in [3.05, 3.63) is 35.9 Å². The maximum atomic E-state index is 12.1. The first-order valence-electron chi connectivity index (χ1n) is 6.84. The molecule has 0 saturated carbocycles. The Hall–Kier alpha value is -1.35. The van der Waals surface area contributed by atoms with E-state index in [0.29, 0.717) is 13.2 Å². The highest BCUT2D eigenvalue weighted by atomic mass is 16.5. The predicted octanol–water partition coefficient (Wildman–Crippen LogP) is 3.08. The van der Waals surface area contributed by atoms with E-state index in [1.54, 1.807) is 7.11 Å². The van der Waals surface area contributed by atoms with Gasteiger partial charge < -0.3 is 9.47 Å². The fraction of sp³-hybridized carbons (Fsp3) is 0.562. The molecule has 19 heavy (non-hydrogen) atoms. The van der Waals surface area contributed by atoms with Crippen molar-refractivity contribution < 1.29 is 14.3 Å². The zero-order valence-corrected chi connectivity index (χ0v) is 12.1. The van der Waals surface area contributed by atoms with Gasteiger partial charge in [0, 0.05) is 20.1 Å². The van der Waals surface area contributed by atoms with Gasteiger partial charge in [0.25, 0.3) is 0 Å². The maximum absolute atomic E-state index is 12.1. The molecule has 3 heteroatoms. The van der Waals surface area contributed by atoms with Crippen LogP contribution >= 0.6 is 0 Å². The Morgan fingerprint density at radius 1 is 1.16 bits per heavy atom. The fourth-order valence-electron chi connectivity index (χ4n) is 1.94. The Morgan fingerprint density at radius 3 is 2.42 bits per heavy atom. The number of benzene rings is 1. The highest BCUT2D eigenvalue weighted by Crippen LogP contribution is 2.19. The summed E-state index contributed by atoms with van der Waals surface area (Å²) in [6.45, 7) is 5.18. The molecule has 0 aliphatic rings. The quantitative estimate of drug-likeness (QED) is 0.534. The molecular weight excluding hydrogens is 240 g/mol. The lowest BCUT2D eigenvalue weighted by Gasteiger charge is -2.19. The molecule has 0 N–H and O–H groups in total. The van der Waals surface area contributed by atoms with Crippen LogP contribution in [0.4, 0.5) is 0 Å². The second kappa shape index (κ2) is 8.70. The van der Waals surface area contributed by atoms with Gasteiger partial charge >= 0.3 is 5.97 Å². The number of methoxy groups -OCH3 is 1. The van der Waals surface area contributed by atoms with Crippen LogP contribution < -0.4 is 0 Å². The van der Waals surface area contributed by atoms with E-state index >= 15 is 0 Å². The van der Waals surface area contributed by atoms with Gasteiger partial charge in [-0.25, -0.2) is 0 Å². The van der Waals surface area contributed by atoms with Crippen LogP contribution in [0.2, 0.25) is 0 Å². The van der Waals surface area contributed by atoms with Crippen LogP contribution in [0.5, 0.6) is 0 Å². The van der Waals surface area contributed by atoms with Gasteiger partial charge in [0.2, 0.25) is 0 Å². The smallest absolute Gasteiger partial charge is 0.309 e. The monoisotopic (exact) mass is 264 g/mol. The number of carbonyl (C=O) groups is 1. The Kier molecular flexibility index (Phi) is 7.19. The molecule has 1 unspecified atom stereocenters. The third-order valence-corrected chi connectivity index (χ3v) is 3.14. The lowest BCUT2D eigenvalue weighted by atomic mass is 9.89. The molecule has 0 fully saturated rings. The molecule has 0 bridgehead atoms. The second-order valence-corrected chi connectivity index (χ2v) is 5.05. The Labute approximate surface area is 115 Å². The van der Waals surface area contributed by atoms with Crippen LogP contribution in [-0.4, -0.2) is 26.3 Å². The van der Waals surface area contributed by atoms with E-state index in [1.807, 2.05) is 30.3 Å². The zero-order chi connectivity index (χ0) is 14.1. The molecule has 0 aromatic heterocycles. The molecule has 1 aromatic carbocycles. The summed E-state index contributed by atoms with van der Waals surface area (Å²) >= 11 is 0. The molecule has 0 spiro atoms. The summed E-state index contributed by atoms with van der Waals surface area (Å²) in [4.78, 5) is 12.1. The van der Waals surface area contributed by atoms with Gasteiger partial charge in [0.05, 0.1) is 12.5 Å². The highest BCUT2D eigenvalue weighted by molar-refractivity contribution is 5.73. The third kappa shape index (κ3) is 5.88. The van der Waals surface area contributed by atoms with E-state index in [2.05, 4.69) is 13.8 Å². The van der Waals surface area contributed by atoms with Crippen molar-refractivity contribution in [2.24, 2.45) is 11.8 Å². The minimum Gasteiger partial charge on any atom is -0.465 e. The van der Waals surface area contributed by atoms with E-state index in [0.717, 1.165) is 12.8 Å². The largest absolute Gasteiger partial charge is 0.465 e. The van der Waals surface area contributed by atoms with Gasteiger partial charge in [-0.15, -0.1) is 0 Å². The van der Waals surface area contributed by atoms with Crippen molar-refractivity contribution in [2.45, 2.75) is 26.7 Å². The number of hydrogen-bond donors (Lipinski definition) is 0. The highest BCUT2D eigenvalue weighted by Gasteiger charge is 2.23. The lowest BCUT2D eigenvalue weighted by Crippen LogP contribution is -2.25. The van der Waals surface area contributed by atoms with Crippen molar-refractivity contribution in [2.75, 3.05) is 20.3 Å². The first-order chi connectivity index (χ1) is 9.15. The Balaban J connectivity index is 2.50. The number of carbonyl (C=O) groups excluding carboxylic acids is 1. The molecule has 3 nitrogen and oxygen atoms in total.